The van der Waals surface area contributed by atoms with Gasteiger partial charge in [0.2, 0.25) is 7.38 Å². The molecule has 0 saturated carbocycles. The minimum Gasteiger partial charge on any atom is -0.149 e. The fourth-order valence-electron chi connectivity index (χ4n) is 11.1. The Morgan fingerprint density at radius 2 is 0.471 bits per heavy atom. The van der Waals surface area contributed by atoms with Crippen molar-refractivity contribution in [2.75, 3.05) is 0 Å². The van der Waals surface area contributed by atoms with Crippen LogP contribution in [0.4, 0.5) is 0 Å². The van der Waals surface area contributed by atoms with E-state index >= 15 is 0 Å². The van der Waals surface area contributed by atoms with Crippen LogP contribution in [0.15, 0.2) is 200 Å². The number of hydrogen-bond acceptors (Lipinski definition) is 0. The summed E-state index contributed by atoms with van der Waals surface area (Å²) in [5.41, 5.74) is 23.9. The zero-order valence-corrected chi connectivity index (χ0v) is 42.4. The van der Waals surface area contributed by atoms with Crippen molar-refractivity contribution in [1.82, 2.24) is 0 Å². The molecule has 9 aromatic carbocycles. The Morgan fingerprint density at radius 3 is 0.676 bits per heavy atom. The summed E-state index contributed by atoms with van der Waals surface area (Å²) in [6.07, 6.45) is 4.98. The minimum absolute atomic E-state index is 0.795. The highest BCUT2D eigenvalue weighted by Gasteiger charge is 2.47. The second-order valence-electron chi connectivity index (χ2n) is 19.1. The van der Waals surface area contributed by atoms with Crippen LogP contribution in [0.3, 0.4) is 0 Å². The second kappa shape index (κ2) is 20.8. The maximum Gasteiger partial charge on any atom is 0.249 e. The van der Waals surface area contributed by atoms with Gasteiger partial charge in [-0.05, 0) is 196 Å². The van der Waals surface area contributed by atoms with Crippen molar-refractivity contribution in [2.45, 2.75) is 80.1 Å². The molecule has 9 rings (SSSR count). The number of benzene rings is 9. The Labute approximate surface area is 412 Å². The highest BCUT2D eigenvalue weighted by molar-refractivity contribution is 7.41. The lowest BCUT2D eigenvalue weighted by Crippen LogP contribution is -2.68. The predicted octanol–water partition coefficient (Wildman–Crippen LogP) is 14.3. The quantitative estimate of drug-likeness (QED) is 0.0546. The van der Waals surface area contributed by atoms with Crippen molar-refractivity contribution >= 4 is 34.0 Å². The molecule has 9 aromatic rings. The molecule has 0 aliphatic heterocycles. The van der Waals surface area contributed by atoms with E-state index < -0.39 is 7.38 Å². The zero-order chi connectivity index (χ0) is 47.2. The molecule has 0 radical (unpaired) electrons. The fourth-order valence-corrected chi connectivity index (χ4v) is 18.1. The molecule has 0 heterocycles. The van der Waals surface area contributed by atoms with Crippen LogP contribution in [-0.2, 0) is 38.5 Å². The van der Waals surface area contributed by atoms with Crippen LogP contribution in [0.5, 0.6) is 0 Å². The summed E-state index contributed by atoms with van der Waals surface area (Å²) in [4.78, 5) is 0. The second-order valence-corrected chi connectivity index (χ2v) is 23.6. The molecule has 0 nitrogen and oxygen atoms in total. The van der Waals surface area contributed by atoms with Crippen LogP contribution in [0.2, 0.25) is 0 Å². The minimum atomic E-state index is -3.57. The van der Waals surface area contributed by atoms with Crippen molar-refractivity contribution in [3.63, 3.8) is 0 Å². The maximum absolute atomic E-state index is 9.54. The van der Waals surface area contributed by atoms with Crippen LogP contribution in [0.1, 0.15) is 100 Å². The van der Waals surface area contributed by atoms with Crippen LogP contribution >= 0.6 is 11.1 Å². The summed E-state index contributed by atoms with van der Waals surface area (Å²) in [6, 6.07) is 73.7. The van der Waals surface area contributed by atoms with Gasteiger partial charge in [0.05, 0.1) is 0 Å². The van der Waals surface area contributed by atoms with Gasteiger partial charge in [-0.3, -0.25) is 0 Å². The Bertz CT molecular complexity index is 2800. The Balaban J connectivity index is 1.42. The number of halogens is 1. The molecule has 0 atom stereocenters. The van der Waals surface area contributed by atoms with Gasteiger partial charge in [0, 0.05) is 0 Å². The van der Waals surface area contributed by atoms with Crippen LogP contribution in [0, 0.1) is 41.5 Å². The zero-order valence-electron chi connectivity index (χ0n) is 40.7. The molecular formula is C66H63ClSi. The lowest BCUT2D eigenvalue weighted by atomic mass is 9.90. The first-order chi connectivity index (χ1) is 33.1. The molecule has 338 valence electrons. The fraction of sp³-hybridized carbons (Fsp3) is 0.182. The Hall–Kier alpha value is -6.51. The van der Waals surface area contributed by atoms with E-state index in [4.69, 9.17) is 0 Å². The monoisotopic (exact) mass is 918 g/mol. The van der Waals surface area contributed by atoms with Gasteiger partial charge in [0.25, 0.3) is 0 Å². The highest BCUT2D eigenvalue weighted by Crippen LogP contribution is 2.34. The van der Waals surface area contributed by atoms with E-state index in [0.717, 1.165) is 38.5 Å². The molecule has 0 saturated heterocycles. The van der Waals surface area contributed by atoms with E-state index in [1.807, 2.05) is 0 Å². The first-order valence-electron chi connectivity index (χ1n) is 24.4. The molecule has 0 aromatic heterocycles. The lowest BCUT2D eigenvalue weighted by molar-refractivity contribution is 1.08. The smallest absolute Gasteiger partial charge is 0.149 e. The molecule has 0 fully saturated rings. The normalized spacial score (nSPS) is 11.5. The van der Waals surface area contributed by atoms with Crippen molar-refractivity contribution in [3.05, 3.63) is 300 Å². The lowest BCUT2D eigenvalue weighted by Gasteiger charge is -2.38. The summed E-state index contributed by atoms with van der Waals surface area (Å²) in [6.45, 7) is 14.2. The van der Waals surface area contributed by atoms with Crippen LogP contribution in [-0.4, -0.2) is 7.38 Å². The van der Waals surface area contributed by atoms with Crippen molar-refractivity contribution in [3.8, 4) is 0 Å². The standard InChI is InChI=1S/C66H63ClSi/c1-46-37-58(40-52-25-13-7-14-26-52)49(4)61(43-55-31-19-10-20-32-55)64(46)68(67,65-47(2)38-59(41-53-27-15-8-16-28-53)50(5)62(65)44-56-33-21-11-22-34-56)66-48(3)39-60(42-54-29-17-9-18-30-54)51(6)63(66)45-57-35-23-12-24-36-57/h7-39H,40-45H2,1-6H3. The van der Waals surface area contributed by atoms with Crippen molar-refractivity contribution in [1.29, 1.82) is 0 Å². The van der Waals surface area contributed by atoms with E-state index in [0.29, 0.717) is 0 Å². The van der Waals surface area contributed by atoms with E-state index in [9.17, 15) is 11.1 Å². The number of aryl methyl sites for hydroxylation is 3. The third-order valence-electron chi connectivity index (χ3n) is 14.5. The van der Waals surface area contributed by atoms with Crippen LogP contribution < -0.4 is 15.6 Å². The van der Waals surface area contributed by atoms with Gasteiger partial charge in [-0.25, -0.2) is 0 Å². The number of hydrogen-bond donors (Lipinski definition) is 0. The molecule has 0 amide bonds. The molecule has 68 heavy (non-hydrogen) atoms. The van der Waals surface area contributed by atoms with Gasteiger partial charge < -0.3 is 0 Å². The summed E-state index contributed by atoms with van der Waals surface area (Å²) < 4.78 is 0. The van der Waals surface area contributed by atoms with Crippen molar-refractivity contribution in [2.24, 2.45) is 0 Å². The molecule has 2 heteroatoms. The SMILES string of the molecule is Cc1cc(Cc2ccccc2)c(C)c(Cc2ccccc2)c1[Si](Cl)(c1c(C)cc(Cc2ccccc2)c(C)c1Cc1ccccc1)c1c(C)cc(Cc2ccccc2)c(C)c1Cc1ccccc1. The van der Waals surface area contributed by atoms with Crippen molar-refractivity contribution < 1.29 is 0 Å². The maximum atomic E-state index is 9.54. The molecule has 0 unspecified atom stereocenters. The summed E-state index contributed by atoms with van der Waals surface area (Å²) in [5, 5.41) is 4.03. The van der Waals surface area contributed by atoms with E-state index in [1.54, 1.807) is 0 Å². The van der Waals surface area contributed by atoms with Gasteiger partial charge in [-0.15, -0.1) is 11.1 Å². The third kappa shape index (κ3) is 9.88. The summed E-state index contributed by atoms with van der Waals surface area (Å²) in [7, 11) is -3.57. The largest absolute Gasteiger partial charge is 0.249 e. The molecule has 0 spiro atoms. The molecule has 0 bridgehead atoms. The van der Waals surface area contributed by atoms with Gasteiger partial charge in [-0.1, -0.05) is 200 Å². The van der Waals surface area contributed by atoms with E-state index in [-0.39, 0.29) is 0 Å². The highest BCUT2D eigenvalue weighted by atomic mass is 35.6. The number of rotatable bonds is 15. The summed E-state index contributed by atoms with van der Waals surface area (Å²) >= 11 is 9.54. The first kappa shape index (κ1) is 46.6. The van der Waals surface area contributed by atoms with Gasteiger partial charge in [0.1, 0.15) is 0 Å². The Morgan fingerprint density at radius 1 is 0.279 bits per heavy atom. The van der Waals surface area contributed by atoms with E-state index in [1.165, 1.54) is 116 Å². The third-order valence-corrected chi connectivity index (χ3v) is 20.3. The molecule has 0 N–H and O–H groups in total. The van der Waals surface area contributed by atoms with Gasteiger partial charge in [-0.2, -0.15) is 0 Å². The Kier molecular flexibility index (Phi) is 14.2. The van der Waals surface area contributed by atoms with Gasteiger partial charge in [0.15, 0.2) is 0 Å². The predicted molar refractivity (Wildman–Crippen MR) is 294 cm³/mol. The van der Waals surface area contributed by atoms with Crippen LogP contribution in [0.25, 0.3) is 0 Å². The van der Waals surface area contributed by atoms with E-state index in [2.05, 4.69) is 242 Å². The average molecular weight is 920 g/mol. The summed E-state index contributed by atoms with van der Waals surface area (Å²) in [5.74, 6) is 0. The molecule has 0 aliphatic carbocycles. The van der Waals surface area contributed by atoms with Gasteiger partial charge >= 0.3 is 0 Å². The first-order valence-corrected chi connectivity index (χ1v) is 27.4. The topological polar surface area (TPSA) is 0 Å². The molecule has 0 aliphatic rings. The average Bonchev–Trinajstić information content (AvgIpc) is 3.35. The molecular weight excluding hydrogens is 856 g/mol.